The fourth-order valence-electron chi connectivity index (χ4n) is 2.25. The summed E-state index contributed by atoms with van der Waals surface area (Å²) in [5, 5.41) is 9.34. The number of aryl methyl sites for hydroxylation is 1. The molecule has 21 heavy (non-hydrogen) atoms. The third kappa shape index (κ3) is 2.68. The van der Waals surface area contributed by atoms with Gasteiger partial charge in [-0.1, -0.05) is 52.3 Å². The molecule has 2 aromatic carbocycles. The third-order valence-corrected chi connectivity index (χ3v) is 4.85. The molecule has 5 heteroatoms. The van der Waals surface area contributed by atoms with Gasteiger partial charge < -0.3 is 0 Å². The summed E-state index contributed by atoms with van der Waals surface area (Å²) in [5.74, 6) is 1.72. The number of nitrogens with zero attached hydrogens (tertiary/aromatic N) is 3. The molecule has 0 radical (unpaired) electrons. The van der Waals surface area contributed by atoms with Gasteiger partial charge in [0, 0.05) is 15.7 Å². The Morgan fingerprint density at radius 2 is 1.76 bits per heavy atom. The number of hydrogen-bond acceptors (Lipinski definition) is 2. The zero-order valence-electron chi connectivity index (χ0n) is 11.4. The second-order valence-electron chi connectivity index (χ2n) is 4.68. The summed E-state index contributed by atoms with van der Waals surface area (Å²) in [7, 11) is 0. The van der Waals surface area contributed by atoms with Crippen LogP contribution in [0.4, 0.5) is 0 Å². The highest BCUT2D eigenvalue weighted by molar-refractivity contribution is 9.10. The fraction of sp³-hybridized carbons (Fsp3) is 0.125. The lowest BCUT2D eigenvalue weighted by Crippen LogP contribution is -2.02. The van der Waals surface area contributed by atoms with Gasteiger partial charge >= 0.3 is 0 Å². The van der Waals surface area contributed by atoms with E-state index in [1.165, 1.54) is 5.56 Å². The molecule has 3 nitrogen and oxygen atoms in total. The first-order valence-corrected chi connectivity index (χ1v) is 8.45. The number of aromatic nitrogens is 3. The maximum atomic E-state index is 4.39. The summed E-state index contributed by atoms with van der Waals surface area (Å²) in [6, 6.07) is 16.3. The van der Waals surface area contributed by atoms with Crippen LogP contribution in [0.15, 0.2) is 53.0 Å². The first kappa shape index (κ1) is 14.5. The number of para-hydroxylation sites is 1. The van der Waals surface area contributed by atoms with Crippen molar-refractivity contribution >= 4 is 31.9 Å². The predicted octanol–water partition coefficient (Wildman–Crippen LogP) is 4.90. The van der Waals surface area contributed by atoms with E-state index in [4.69, 9.17) is 0 Å². The fourth-order valence-corrected chi connectivity index (χ4v) is 3.05. The zero-order valence-corrected chi connectivity index (χ0v) is 14.6. The van der Waals surface area contributed by atoms with Crippen molar-refractivity contribution in [3.05, 3.63) is 64.4 Å². The molecular weight excluding hydrogens is 394 g/mol. The van der Waals surface area contributed by atoms with E-state index in [0.717, 1.165) is 27.4 Å². The van der Waals surface area contributed by atoms with E-state index in [1.807, 2.05) is 24.3 Å². The molecule has 0 bridgehead atoms. The number of rotatable bonds is 3. The quantitative estimate of drug-likeness (QED) is 0.579. The van der Waals surface area contributed by atoms with Crippen LogP contribution >= 0.6 is 31.9 Å². The van der Waals surface area contributed by atoms with Crippen molar-refractivity contribution in [3.8, 4) is 17.1 Å². The average molecular weight is 407 g/mol. The van der Waals surface area contributed by atoms with Gasteiger partial charge in [-0.2, -0.15) is 0 Å². The summed E-state index contributed by atoms with van der Waals surface area (Å²) in [6.45, 7) is 2.07. The van der Waals surface area contributed by atoms with Crippen molar-refractivity contribution in [2.24, 2.45) is 0 Å². The van der Waals surface area contributed by atoms with Crippen LogP contribution < -0.4 is 0 Å². The summed E-state index contributed by atoms with van der Waals surface area (Å²) >= 11 is 7.15. The Morgan fingerprint density at radius 1 is 1.00 bits per heavy atom. The predicted molar refractivity (Wildman–Crippen MR) is 91.9 cm³/mol. The highest BCUT2D eigenvalue weighted by Crippen LogP contribution is 2.31. The van der Waals surface area contributed by atoms with E-state index >= 15 is 0 Å². The van der Waals surface area contributed by atoms with Crippen LogP contribution in [0.2, 0.25) is 0 Å². The number of benzene rings is 2. The largest absolute Gasteiger partial charge is 0.278 e. The molecule has 106 valence electrons. The molecule has 0 N–H and O–H groups in total. The van der Waals surface area contributed by atoms with Gasteiger partial charge in [0.2, 0.25) is 0 Å². The molecule has 0 atom stereocenters. The molecular formula is C16H13Br2N3. The minimum Gasteiger partial charge on any atom is -0.278 e. The van der Waals surface area contributed by atoms with Crippen molar-refractivity contribution < 1.29 is 0 Å². The third-order valence-electron chi connectivity index (χ3n) is 3.30. The minimum absolute atomic E-state index is 0.651. The van der Waals surface area contributed by atoms with Crippen molar-refractivity contribution in [1.82, 2.24) is 14.8 Å². The first-order chi connectivity index (χ1) is 10.2. The topological polar surface area (TPSA) is 30.7 Å². The van der Waals surface area contributed by atoms with Gasteiger partial charge in [0.1, 0.15) is 5.82 Å². The highest BCUT2D eigenvalue weighted by Gasteiger charge is 2.17. The maximum Gasteiger partial charge on any atom is 0.169 e. The Bertz CT molecular complexity index is 766. The average Bonchev–Trinajstić information content (AvgIpc) is 2.94. The lowest BCUT2D eigenvalue weighted by Gasteiger charge is -2.11. The maximum absolute atomic E-state index is 4.39. The van der Waals surface area contributed by atoms with Crippen LogP contribution in [-0.2, 0) is 5.33 Å². The molecule has 3 aromatic rings. The molecule has 1 heterocycles. The van der Waals surface area contributed by atoms with Gasteiger partial charge in [-0.3, -0.25) is 4.57 Å². The van der Waals surface area contributed by atoms with Gasteiger partial charge in [-0.15, -0.1) is 10.2 Å². The second-order valence-corrected chi connectivity index (χ2v) is 6.03. The summed E-state index contributed by atoms with van der Waals surface area (Å²) in [5.41, 5.74) is 3.27. The van der Waals surface area contributed by atoms with Crippen molar-refractivity contribution in [2.45, 2.75) is 12.3 Å². The van der Waals surface area contributed by atoms with E-state index in [2.05, 4.69) is 77.8 Å². The van der Waals surface area contributed by atoms with Crippen LogP contribution in [0.5, 0.6) is 0 Å². The van der Waals surface area contributed by atoms with Crippen LogP contribution in [0.1, 0.15) is 11.4 Å². The molecule has 0 saturated carbocycles. The molecule has 0 saturated heterocycles. The lowest BCUT2D eigenvalue weighted by atomic mass is 10.1. The van der Waals surface area contributed by atoms with Gasteiger partial charge in [0.25, 0.3) is 0 Å². The highest BCUT2D eigenvalue weighted by atomic mass is 79.9. The lowest BCUT2D eigenvalue weighted by molar-refractivity contribution is 0.962. The van der Waals surface area contributed by atoms with E-state index < -0.39 is 0 Å². The van der Waals surface area contributed by atoms with Crippen LogP contribution in [0.25, 0.3) is 17.1 Å². The van der Waals surface area contributed by atoms with E-state index in [0.29, 0.717) is 5.33 Å². The smallest absolute Gasteiger partial charge is 0.169 e. The Kier molecular flexibility index (Phi) is 4.22. The Hall–Kier alpha value is -1.46. The molecule has 0 unspecified atom stereocenters. The van der Waals surface area contributed by atoms with Crippen molar-refractivity contribution in [3.63, 3.8) is 0 Å². The Balaban J connectivity index is 2.25. The van der Waals surface area contributed by atoms with Gasteiger partial charge in [-0.05, 0) is 40.5 Å². The van der Waals surface area contributed by atoms with E-state index in [-0.39, 0.29) is 0 Å². The monoisotopic (exact) mass is 405 g/mol. The van der Waals surface area contributed by atoms with Crippen molar-refractivity contribution in [2.75, 3.05) is 0 Å². The summed E-state index contributed by atoms with van der Waals surface area (Å²) < 4.78 is 3.13. The minimum atomic E-state index is 0.651. The molecule has 0 aliphatic heterocycles. The Morgan fingerprint density at radius 3 is 2.48 bits per heavy atom. The van der Waals surface area contributed by atoms with E-state index in [9.17, 15) is 0 Å². The normalized spacial score (nSPS) is 10.8. The van der Waals surface area contributed by atoms with E-state index in [1.54, 1.807) is 0 Å². The van der Waals surface area contributed by atoms with Crippen molar-refractivity contribution in [1.29, 1.82) is 0 Å². The molecule has 0 aliphatic rings. The number of alkyl halides is 1. The molecule has 0 spiro atoms. The molecule has 0 amide bonds. The summed E-state index contributed by atoms with van der Waals surface area (Å²) in [6.07, 6.45) is 0. The Labute approximate surface area is 140 Å². The van der Waals surface area contributed by atoms with Crippen LogP contribution in [0, 0.1) is 6.92 Å². The second kappa shape index (κ2) is 6.12. The standard InChI is InChI=1S/C16H13Br2N3/c1-11-6-5-9-13(15(11)18)16-20-19-14(10-17)21(16)12-7-3-2-4-8-12/h2-9H,10H2,1H3. The number of halogens is 2. The molecule has 0 fully saturated rings. The summed E-state index contributed by atoms with van der Waals surface area (Å²) in [4.78, 5) is 0. The van der Waals surface area contributed by atoms with Gasteiger partial charge in [-0.25, -0.2) is 0 Å². The van der Waals surface area contributed by atoms with Gasteiger partial charge in [0.05, 0.1) is 5.33 Å². The number of hydrogen-bond donors (Lipinski definition) is 0. The van der Waals surface area contributed by atoms with Crippen LogP contribution in [0.3, 0.4) is 0 Å². The first-order valence-electron chi connectivity index (χ1n) is 6.53. The molecule has 1 aromatic heterocycles. The van der Waals surface area contributed by atoms with Gasteiger partial charge in [0.15, 0.2) is 5.82 Å². The molecule has 0 aliphatic carbocycles. The zero-order chi connectivity index (χ0) is 14.8. The SMILES string of the molecule is Cc1cccc(-c2nnc(CBr)n2-c2ccccc2)c1Br. The van der Waals surface area contributed by atoms with Crippen LogP contribution in [-0.4, -0.2) is 14.8 Å². The molecule has 3 rings (SSSR count).